The Morgan fingerprint density at radius 2 is 1.76 bits per heavy atom. The second-order valence-corrected chi connectivity index (χ2v) is 6.02. The minimum absolute atomic E-state index is 0.200. The maximum atomic E-state index is 12.1. The molecular formula is C15H21Cl2N3O. The Hall–Kier alpha value is -0.970. The number of anilines is 1. The molecule has 0 spiro atoms. The lowest BCUT2D eigenvalue weighted by atomic mass is 10.2. The van der Waals surface area contributed by atoms with E-state index in [1.807, 2.05) is 4.90 Å². The van der Waals surface area contributed by atoms with Crippen molar-refractivity contribution >= 4 is 34.8 Å². The van der Waals surface area contributed by atoms with Gasteiger partial charge in [-0.25, -0.2) is 0 Å². The van der Waals surface area contributed by atoms with Gasteiger partial charge in [-0.3, -0.25) is 4.79 Å². The van der Waals surface area contributed by atoms with Crippen LogP contribution in [0.25, 0.3) is 0 Å². The van der Waals surface area contributed by atoms with Crippen LogP contribution in [-0.2, 0) is 4.79 Å². The first-order valence-corrected chi connectivity index (χ1v) is 8.04. The van der Waals surface area contributed by atoms with Gasteiger partial charge in [-0.15, -0.1) is 0 Å². The quantitative estimate of drug-likeness (QED) is 0.902. The number of rotatable bonds is 5. The standard InChI is InChI=1S/C15H21Cl2N3O/c1-2-19-5-7-20(8-6-19)15(21)3-4-18-14-10-12(16)9-13(17)11-14/h9-11,18H,2-8H2,1H3. The molecule has 0 radical (unpaired) electrons. The van der Waals surface area contributed by atoms with Crippen molar-refractivity contribution in [1.82, 2.24) is 9.80 Å². The van der Waals surface area contributed by atoms with Gasteiger partial charge in [-0.05, 0) is 24.7 Å². The van der Waals surface area contributed by atoms with Crippen LogP contribution in [0.1, 0.15) is 13.3 Å². The number of halogens is 2. The molecule has 1 heterocycles. The molecule has 1 aromatic carbocycles. The summed E-state index contributed by atoms with van der Waals surface area (Å²) in [6.45, 7) is 7.39. The first kappa shape index (κ1) is 16.4. The van der Waals surface area contributed by atoms with Crippen molar-refractivity contribution in [3.63, 3.8) is 0 Å². The molecule has 1 amide bonds. The van der Waals surface area contributed by atoms with E-state index in [0.717, 1.165) is 38.4 Å². The van der Waals surface area contributed by atoms with Gasteiger partial charge >= 0.3 is 0 Å². The molecule has 21 heavy (non-hydrogen) atoms. The van der Waals surface area contributed by atoms with E-state index in [1.165, 1.54) is 0 Å². The molecule has 0 atom stereocenters. The van der Waals surface area contributed by atoms with Crippen LogP contribution in [0.4, 0.5) is 5.69 Å². The SMILES string of the molecule is CCN1CCN(C(=O)CCNc2cc(Cl)cc(Cl)c2)CC1. The van der Waals surface area contributed by atoms with Crippen molar-refractivity contribution in [2.75, 3.05) is 44.6 Å². The van der Waals surface area contributed by atoms with Crippen molar-refractivity contribution < 1.29 is 4.79 Å². The van der Waals surface area contributed by atoms with Gasteiger partial charge in [0.2, 0.25) is 5.91 Å². The number of carbonyl (C=O) groups is 1. The molecule has 4 nitrogen and oxygen atoms in total. The molecule has 1 aliphatic rings. The maximum absolute atomic E-state index is 12.1. The highest BCUT2D eigenvalue weighted by Gasteiger charge is 2.19. The molecule has 0 aromatic heterocycles. The van der Waals surface area contributed by atoms with E-state index in [1.54, 1.807) is 18.2 Å². The highest BCUT2D eigenvalue weighted by molar-refractivity contribution is 6.35. The van der Waals surface area contributed by atoms with Crippen LogP contribution in [0.3, 0.4) is 0 Å². The monoisotopic (exact) mass is 329 g/mol. The molecule has 2 rings (SSSR count). The molecule has 1 aliphatic heterocycles. The number of nitrogens with one attached hydrogen (secondary N) is 1. The van der Waals surface area contributed by atoms with E-state index >= 15 is 0 Å². The Labute approximate surface area is 136 Å². The number of carbonyl (C=O) groups excluding carboxylic acids is 1. The average molecular weight is 330 g/mol. The summed E-state index contributed by atoms with van der Waals surface area (Å²) in [5.41, 5.74) is 0.844. The molecule has 0 unspecified atom stereocenters. The zero-order valence-corrected chi connectivity index (χ0v) is 13.8. The molecule has 116 valence electrons. The van der Waals surface area contributed by atoms with Gasteiger partial charge in [0.1, 0.15) is 0 Å². The lowest BCUT2D eigenvalue weighted by Crippen LogP contribution is -2.48. The topological polar surface area (TPSA) is 35.6 Å². The van der Waals surface area contributed by atoms with Gasteiger partial charge in [0, 0.05) is 54.9 Å². The van der Waals surface area contributed by atoms with Crippen LogP contribution in [0.5, 0.6) is 0 Å². The van der Waals surface area contributed by atoms with Gasteiger partial charge < -0.3 is 15.1 Å². The molecule has 1 fully saturated rings. The first-order valence-electron chi connectivity index (χ1n) is 7.28. The third-order valence-electron chi connectivity index (χ3n) is 3.70. The van der Waals surface area contributed by atoms with Gasteiger partial charge in [0.05, 0.1) is 0 Å². The Morgan fingerprint density at radius 3 is 2.33 bits per heavy atom. The summed E-state index contributed by atoms with van der Waals surface area (Å²) in [4.78, 5) is 16.4. The van der Waals surface area contributed by atoms with Gasteiger partial charge in [0.15, 0.2) is 0 Å². The minimum Gasteiger partial charge on any atom is -0.384 e. The van der Waals surface area contributed by atoms with E-state index in [2.05, 4.69) is 17.1 Å². The van der Waals surface area contributed by atoms with Crippen molar-refractivity contribution in [3.05, 3.63) is 28.2 Å². The number of likely N-dealkylation sites (N-methyl/N-ethyl adjacent to an activating group) is 1. The highest BCUT2D eigenvalue weighted by Crippen LogP contribution is 2.22. The summed E-state index contributed by atoms with van der Waals surface area (Å²) in [5.74, 6) is 0.200. The molecule has 1 aromatic rings. The molecule has 6 heteroatoms. The predicted octanol–water partition coefficient (Wildman–Crippen LogP) is 2.96. The number of hydrogen-bond donors (Lipinski definition) is 1. The van der Waals surface area contributed by atoms with Crippen LogP contribution < -0.4 is 5.32 Å². The van der Waals surface area contributed by atoms with E-state index in [0.29, 0.717) is 23.0 Å². The van der Waals surface area contributed by atoms with E-state index in [4.69, 9.17) is 23.2 Å². The van der Waals surface area contributed by atoms with Gasteiger partial charge in [0.25, 0.3) is 0 Å². The number of piperazine rings is 1. The van der Waals surface area contributed by atoms with Crippen molar-refractivity contribution in [2.24, 2.45) is 0 Å². The number of amides is 1. The summed E-state index contributed by atoms with van der Waals surface area (Å²) < 4.78 is 0. The zero-order valence-electron chi connectivity index (χ0n) is 12.2. The van der Waals surface area contributed by atoms with Crippen LogP contribution in [-0.4, -0.2) is 55.0 Å². The van der Waals surface area contributed by atoms with Crippen LogP contribution >= 0.6 is 23.2 Å². The average Bonchev–Trinajstić information content (AvgIpc) is 2.46. The third kappa shape index (κ3) is 5.06. The molecular weight excluding hydrogens is 309 g/mol. The largest absolute Gasteiger partial charge is 0.384 e. The molecule has 0 aliphatic carbocycles. The predicted molar refractivity (Wildman–Crippen MR) is 88.3 cm³/mol. The number of nitrogens with zero attached hydrogens (tertiary/aromatic N) is 2. The van der Waals surface area contributed by atoms with Crippen LogP contribution in [0, 0.1) is 0 Å². The lowest BCUT2D eigenvalue weighted by molar-refractivity contribution is -0.132. The Bertz CT molecular complexity index is 468. The van der Waals surface area contributed by atoms with Crippen molar-refractivity contribution in [2.45, 2.75) is 13.3 Å². The Balaban J connectivity index is 1.74. The third-order valence-corrected chi connectivity index (χ3v) is 4.14. The fraction of sp³-hybridized carbons (Fsp3) is 0.533. The van der Waals surface area contributed by atoms with E-state index in [-0.39, 0.29) is 5.91 Å². The highest BCUT2D eigenvalue weighted by atomic mass is 35.5. The number of hydrogen-bond acceptors (Lipinski definition) is 3. The van der Waals surface area contributed by atoms with Gasteiger partial charge in [-0.2, -0.15) is 0 Å². The molecule has 1 N–H and O–H groups in total. The van der Waals surface area contributed by atoms with Crippen LogP contribution in [0.2, 0.25) is 10.0 Å². The molecule has 0 bridgehead atoms. The summed E-state index contributed by atoms with van der Waals surface area (Å²) in [6.07, 6.45) is 0.482. The fourth-order valence-electron chi connectivity index (χ4n) is 2.44. The lowest BCUT2D eigenvalue weighted by Gasteiger charge is -2.34. The fourth-order valence-corrected chi connectivity index (χ4v) is 2.97. The summed E-state index contributed by atoms with van der Waals surface area (Å²) in [5, 5.41) is 4.37. The zero-order chi connectivity index (χ0) is 15.2. The van der Waals surface area contributed by atoms with Gasteiger partial charge in [-0.1, -0.05) is 30.1 Å². The second-order valence-electron chi connectivity index (χ2n) is 5.15. The minimum atomic E-state index is 0.200. The summed E-state index contributed by atoms with van der Waals surface area (Å²) in [6, 6.07) is 5.29. The van der Waals surface area contributed by atoms with E-state index in [9.17, 15) is 4.79 Å². The van der Waals surface area contributed by atoms with Crippen LogP contribution in [0.15, 0.2) is 18.2 Å². The smallest absolute Gasteiger partial charge is 0.224 e. The number of benzene rings is 1. The Kier molecular flexibility index (Phi) is 6.15. The summed E-state index contributed by atoms with van der Waals surface area (Å²) in [7, 11) is 0. The van der Waals surface area contributed by atoms with Crippen molar-refractivity contribution in [1.29, 1.82) is 0 Å². The first-order chi connectivity index (χ1) is 10.1. The van der Waals surface area contributed by atoms with E-state index < -0.39 is 0 Å². The molecule has 1 saturated heterocycles. The van der Waals surface area contributed by atoms with Crippen molar-refractivity contribution in [3.8, 4) is 0 Å². The maximum Gasteiger partial charge on any atom is 0.224 e. The molecule has 0 saturated carbocycles. The Morgan fingerprint density at radius 1 is 1.14 bits per heavy atom. The summed E-state index contributed by atoms with van der Waals surface area (Å²) >= 11 is 11.9. The second kappa shape index (κ2) is 7.87. The normalized spacial score (nSPS) is 16.0.